The highest BCUT2D eigenvalue weighted by Gasteiger charge is 2.24. The van der Waals surface area contributed by atoms with Gasteiger partial charge in [-0.25, -0.2) is 9.59 Å². The maximum Gasteiger partial charge on any atom is 0.492 e. The van der Waals surface area contributed by atoms with Crippen LogP contribution in [0.5, 0.6) is 11.5 Å². The van der Waals surface area contributed by atoms with Gasteiger partial charge in [0, 0.05) is 5.46 Å². The second-order valence-corrected chi connectivity index (χ2v) is 3.64. The molecule has 0 radical (unpaired) electrons. The van der Waals surface area contributed by atoms with Gasteiger partial charge in [-0.05, 0) is 12.1 Å². The van der Waals surface area contributed by atoms with E-state index in [4.69, 9.17) is 14.8 Å². The van der Waals surface area contributed by atoms with Gasteiger partial charge in [-0.1, -0.05) is 0 Å². The van der Waals surface area contributed by atoms with E-state index in [9.17, 15) is 14.7 Å². The molecule has 8 nitrogen and oxygen atoms in total. The Hall–Kier alpha value is -2.26. The van der Waals surface area contributed by atoms with Gasteiger partial charge >= 0.3 is 19.1 Å². The summed E-state index contributed by atoms with van der Waals surface area (Å²) >= 11 is 0. The van der Waals surface area contributed by atoms with Crippen molar-refractivity contribution in [1.29, 1.82) is 0 Å². The molecule has 0 atom stereocenters. The topological polar surface area (TPSA) is 123 Å². The summed E-state index contributed by atoms with van der Waals surface area (Å²) in [6, 6.07) is 2.19. The third kappa shape index (κ3) is 3.62. The molecule has 0 bridgehead atoms. The molecule has 0 saturated heterocycles. The van der Waals surface area contributed by atoms with E-state index in [-0.39, 0.29) is 16.8 Å². The molecule has 0 fully saturated rings. The van der Waals surface area contributed by atoms with Crippen molar-refractivity contribution in [2.24, 2.45) is 0 Å². The van der Waals surface area contributed by atoms with Crippen LogP contribution >= 0.6 is 0 Å². The van der Waals surface area contributed by atoms with Gasteiger partial charge in [0.15, 0.2) is 6.61 Å². The van der Waals surface area contributed by atoms with Crippen molar-refractivity contribution in [3.63, 3.8) is 0 Å². The SMILES string of the molecule is COC(=O)COc1cc(B(O)O)c(O)c(C(=O)OC)c1. The van der Waals surface area contributed by atoms with Crippen LogP contribution in [0, 0.1) is 0 Å². The number of ether oxygens (including phenoxy) is 3. The monoisotopic (exact) mass is 284 g/mol. The summed E-state index contributed by atoms with van der Waals surface area (Å²) in [5.74, 6) is -2.23. The number of phenols is 1. The van der Waals surface area contributed by atoms with Crippen molar-refractivity contribution in [3.05, 3.63) is 17.7 Å². The Morgan fingerprint density at radius 3 is 2.35 bits per heavy atom. The van der Waals surface area contributed by atoms with E-state index in [1.165, 1.54) is 7.11 Å². The molecule has 1 aromatic carbocycles. The minimum absolute atomic E-state index is 0.0308. The smallest absolute Gasteiger partial charge is 0.492 e. The Balaban J connectivity index is 3.15. The fourth-order valence-electron chi connectivity index (χ4n) is 1.38. The molecule has 0 heterocycles. The van der Waals surface area contributed by atoms with Gasteiger partial charge in [0.25, 0.3) is 0 Å². The highest BCUT2D eigenvalue weighted by Crippen LogP contribution is 2.22. The molecule has 1 aromatic rings. The Kier molecular flexibility index (Phi) is 5.36. The molecule has 0 unspecified atom stereocenters. The molecular formula is C11H13BO8. The molecular weight excluding hydrogens is 271 g/mol. The minimum Gasteiger partial charge on any atom is -0.507 e. The Bertz CT molecular complexity index is 513. The Morgan fingerprint density at radius 1 is 1.20 bits per heavy atom. The lowest BCUT2D eigenvalue weighted by atomic mass is 9.78. The summed E-state index contributed by atoms with van der Waals surface area (Å²) in [5.41, 5.74) is -0.675. The predicted molar refractivity (Wildman–Crippen MR) is 66.8 cm³/mol. The van der Waals surface area contributed by atoms with Crippen molar-refractivity contribution in [2.45, 2.75) is 0 Å². The van der Waals surface area contributed by atoms with Gasteiger partial charge in [0.1, 0.15) is 17.1 Å². The third-order valence-corrected chi connectivity index (χ3v) is 2.38. The first-order valence-electron chi connectivity index (χ1n) is 5.41. The van der Waals surface area contributed by atoms with Crippen LogP contribution in [-0.4, -0.2) is 55.0 Å². The van der Waals surface area contributed by atoms with E-state index in [2.05, 4.69) is 9.47 Å². The zero-order valence-electron chi connectivity index (χ0n) is 10.8. The first-order chi connectivity index (χ1) is 9.40. The fourth-order valence-corrected chi connectivity index (χ4v) is 1.38. The summed E-state index contributed by atoms with van der Waals surface area (Å²) in [4.78, 5) is 22.4. The lowest BCUT2D eigenvalue weighted by Crippen LogP contribution is -2.31. The van der Waals surface area contributed by atoms with Gasteiger partial charge in [-0.3, -0.25) is 0 Å². The predicted octanol–water partition coefficient (Wildman–Crippen LogP) is -1.59. The number of phenolic OH excluding ortho intramolecular Hbond substituents is 1. The fraction of sp³-hybridized carbons (Fsp3) is 0.273. The average Bonchev–Trinajstić information content (AvgIpc) is 2.44. The molecule has 0 aromatic heterocycles. The second-order valence-electron chi connectivity index (χ2n) is 3.64. The molecule has 9 heteroatoms. The normalized spacial score (nSPS) is 9.80. The van der Waals surface area contributed by atoms with Crippen molar-refractivity contribution >= 4 is 24.5 Å². The van der Waals surface area contributed by atoms with E-state index in [1.807, 2.05) is 0 Å². The van der Waals surface area contributed by atoms with Gasteiger partial charge in [-0.2, -0.15) is 0 Å². The van der Waals surface area contributed by atoms with Gasteiger partial charge in [0.05, 0.1) is 14.2 Å². The average molecular weight is 284 g/mol. The van der Waals surface area contributed by atoms with E-state index >= 15 is 0 Å². The van der Waals surface area contributed by atoms with Crippen LogP contribution in [0.1, 0.15) is 10.4 Å². The molecule has 3 N–H and O–H groups in total. The van der Waals surface area contributed by atoms with Crippen molar-refractivity contribution in [2.75, 3.05) is 20.8 Å². The maximum absolute atomic E-state index is 11.5. The van der Waals surface area contributed by atoms with Gasteiger partial charge < -0.3 is 29.4 Å². The number of aromatic hydroxyl groups is 1. The summed E-state index contributed by atoms with van der Waals surface area (Å²) < 4.78 is 13.8. The van der Waals surface area contributed by atoms with Crippen LogP contribution in [0.4, 0.5) is 0 Å². The largest absolute Gasteiger partial charge is 0.507 e. The number of carbonyl (C=O) groups excluding carboxylic acids is 2. The quantitative estimate of drug-likeness (QED) is 0.437. The molecule has 0 amide bonds. The zero-order chi connectivity index (χ0) is 15.3. The molecule has 0 aliphatic heterocycles. The molecule has 108 valence electrons. The van der Waals surface area contributed by atoms with E-state index in [1.54, 1.807) is 0 Å². The van der Waals surface area contributed by atoms with E-state index < -0.39 is 31.4 Å². The summed E-state index contributed by atoms with van der Waals surface area (Å²) in [7, 11) is 0.240. The third-order valence-electron chi connectivity index (χ3n) is 2.38. The lowest BCUT2D eigenvalue weighted by molar-refractivity contribution is -0.142. The molecule has 1 rings (SSSR count). The lowest BCUT2D eigenvalue weighted by Gasteiger charge is -2.12. The standard InChI is InChI=1S/C11H13BO8/c1-18-9(13)5-20-6-3-7(11(15)19-2)10(14)8(4-6)12(16)17/h3-4,14,16-17H,5H2,1-2H3. The van der Waals surface area contributed by atoms with Gasteiger partial charge in [-0.15, -0.1) is 0 Å². The number of rotatable bonds is 5. The van der Waals surface area contributed by atoms with Crippen molar-refractivity contribution < 1.29 is 39.0 Å². The van der Waals surface area contributed by atoms with Crippen LogP contribution < -0.4 is 10.2 Å². The molecule has 0 saturated carbocycles. The number of esters is 2. The van der Waals surface area contributed by atoms with Crippen LogP contribution in [-0.2, 0) is 14.3 Å². The number of methoxy groups -OCH3 is 2. The van der Waals surface area contributed by atoms with Crippen LogP contribution in [0.15, 0.2) is 12.1 Å². The Morgan fingerprint density at radius 2 is 1.85 bits per heavy atom. The number of hydrogen-bond donors (Lipinski definition) is 3. The molecule has 0 aliphatic carbocycles. The van der Waals surface area contributed by atoms with E-state index in [0.717, 1.165) is 19.2 Å². The Labute approximate surface area is 114 Å². The molecule has 20 heavy (non-hydrogen) atoms. The summed E-state index contributed by atoms with van der Waals surface area (Å²) in [6.07, 6.45) is 0. The number of carbonyl (C=O) groups is 2. The van der Waals surface area contributed by atoms with Crippen LogP contribution in [0.25, 0.3) is 0 Å². The maximum atomic E-state index is 11.5. The zero-order valence-corrected chi connectivity index (χ0v) is 10.8. The minimum atomic E-state index is -2.03. The number of benzene rings is 1. The second kappa shape index (κ2) is 6.78. The van der Waals surface area contributed by atoms with Crippen molar-refractivity contribution in [1.82, 2.24) is 0 Å². The first-order valence-corrected chi connectivity index (χ1v) is 5.41. The highest BCUT2D eigenvalue weighted by atomic mass is 16.6. The molecule has 0 aliphatic rings. The highest BCUT2D eigenvalue weighted by molar-refractivity contribution is 6.60. The summed E-state index contributed by atoms with van der Waals surface area (Å²) in [6.45, 7) is -0.442. The van der Waals surface area contributed by atoms with Gasteiger partial charge in [0.2, 0.25) is 0 Å². The van der Waals surface area contributed by atoms with E-state index in [0.29, 0.717) is 0 Å². The van der Waals surface area contributed by atoms with Crippen LogP contribution in [0.2, 0.25) is 0 Å². The van der Waals surface area contributed by atoms with Crippen molar-refractivity contribution in [3.8, 4) is 11.5 Å². The summed E-state index contributed by atoms with van der Waals surface area (Å²) in [5, 5.41) is 28.0. The van der Waals surface area contributed by atoms with Crippen LogP contribution in [0.3, 0.4) is 0 Å². The molecule has 0 spiro atoms. The number of hydrogen-bond acceptors (Lipinski definition) is 8. The first kappa shape index (κ1) is 15.8.